The van der Waals surface area contributed by atoms with E-state index < -0.39 is 0 Å². The Kier molecular flexibility index (Phi) is 1.90. The molecule has 0 bridgehead atoms. The summed E-state index contributed by atoms with van der Waals surface area (Å²) in [6.45, 7) is 7.83. The maximum atomic E-state index is 10.8. The molecule has 10 heavy (non-hydrogen) atoms. The highest BCUT2D eigenvalue weighted by Crippen LogP contribution is 2.18. The van der Waals surface area contributed by atoms with Gasteiger partial charge in [-0.2, -0.15) is 0 Å². The van der Waals surface area contributed by atoms with Crippen molar-refractivity contribution in [3.8, 4) is 0 Å². The van der Waals surface area contributed by atoms with Crippen LogP contribution in [0.4, 0.5) is 0 Å². The smallest absolute Gasteiger partial charge is 0.225 e. The van der Waals surface area contributed by atoms with Gasteiger partial charge in [-0.25, -0.2) is 0 Å². The molecule has 0 spiro atoms. The molecule has 1 aliphatic rings. The van der Waals surface area contributed by atoms with Crippen LogP contribution >= 0.6 is 0 Å². The van der Waals surface area contributed by atoms with E-state index in [1.165, 1.54) is 0 Å². The number of carbonyl (C=O) groups excluding carboxylic acids is 1. The van der Waals surface area contributed by atoms with E-state index in [1.54, 1.807) is 17.1 Å². The van der Waals surface area contributed by atoms with Crippen molar-refractivity contribution < 1.29 is 4.79 Å². The Bertz CT molecular complexity index is 174. The number of β-lactam (4-membered cyclic amide) rings is 1. The predicted molar refractivity (Wildman–Crippen MR) is 40.5 cm³/mol. The average Bonchev–Trinajstić information content (AvgIpc) is 1.95. The van der Waals surface area contributed by atoms with Gasteiger partial charge in [0.1, 0.15) is 0 Å². The van der Waals surface area contributed by atoms with E-state index in [0.29, 0.717) is 13.0 Å². The largest absolute Gasteiger partial charge is 0.332 e. The first-order valence-corrected chi connectivity index (χ1v) is 3.32. The van der Waals surface area contributed by atoms with Gasteiger partial charge in [-0.1, -0.05) is 12.2 Å². The SMILES string of the molecule is C=CCN1C(=O)CC1C=C. The van der Waals surface area contributed by atoms with Gasteiger partial charge in [-0.3, -0.25) is 4.79 Å². The van der Waals surface area contributed by atoms with Gasteiger partial charge in [0.25, 0.3) is 0 Å². The van der Waals surface area contributed by atoms with Crippen LogP contribution in [-0.4, -0.2) is 23.4 Å². The van der Waals surface area contributed by atoms with Gasteiger partial charge < -0.3 is 4.90 Å². The predicted octanol–water partition coefficient (Wildman–Crippen LogP) is 0.959. The van der Waals surface area contributed by atoms with Crippen molar-refractivity contribution in [2.24, 2.45) is 0 Å². The first-order valence-electron chi connectivity index (χ1n) is 3.32. The molecule has 1 saturated heterocycles. The summed E-state index contributed by atoms with van der Waals surface area (Å²) in [4.78, 5) is 12.6. The quantitative estimate of drug-likeness (QED) is 0.419. The second-order valence-corrected chi connectivity index (χ2v) is 2.34. The van der Waals surface area contributed by atoms with Crippen molar-refractivity contribution in [2.75, 3.05) is 6.54 Å². The molecule has 0 radical (unpaired) electrons. The van der Waals surface area contributed by atoms with Gasteiger partial charge in [0, 0.05) is 6.54 Å². The minimum Gasteiger partial charge on any atom is -0.332 e. The number of hydrogen-bond acceptors (Lipinski definition) is 1. The maximum Gasteiger partial charge on any atom is 0.225 e. The normalized spacial score (nSPS) is 23.8. The molecule has 0 N–H and O–H groups in total. The van der Waals surface area contributed by atoms with Crippen LogP contribution in [0.2, 0.25) is 0 Å². The van der Waals surface area contributed by atoms with Crippen LogP contribution in [0.25, 0.3) is 0 Å². The molecule has 1 fully saturated rings. The second kappa shape index (κ2) is 2.69. The number of amides is 1. The highest BCUT2D eigenvalue weighted by Gasteiger charge is 2.31. The van der Waals surface area contributed by atoms with E-state index in [9.17, 15) is 4.79 Å². The molecule has 2 nitrogen and oxygen atoms in total. The molecule has 1 atom stereocenters. The van der Waals surface area contributed by atoms with E-state index in [4.69, 9.17) is 0 Å². The van der Waals surface area contributed by atoms with Gasteiger partial charge in [-0.05, 0) is 0 Å². The molecular weight excluding hydrogens is 126 g/mol. The molecule has 0 aromatic rings. The summed E-state index contributed by atoms with van der Waals surface area (Å²) in [6, 6.07) is 0.255. The van der Waals surface area contributed by atoms with Crippen LogP contribution in [0.1, 0.15) is 6.42 Å². The monoisotopic (exact) mass is 137 g/mol. The van der Waals surface area contributed by atoms with Gasteiger partial charge in [0.15, 0.2) is 0 Å². The number of hydrogen-bond donors (Lipinski definition) is 0. The fraction of sp³-hybridized carbons (Fsp3) is 0.375. The first-order chi connectivity index (χ1) is 4.79. The minimum absolute atomic E-state index is 0.199. The van der Waals surface area contributed by atoms with E-state index in [0.717, 1.165) is 0 Å². The van der Waals surface area contributed by atoms with E-state index in [1.807, 2.05) is 0 Å². The lowest BCUT2D eigenvalue weighted by atomic mass is 10.0. The summed E-state index contributed by atoms with van der Waals surface area (Å²) in [5.74, 6) is 0.199. The Morgan fingerprint density at radius 1 is 1.70 bits per heavy atom. The van der Waals surface area contributed by atoms with Gasteiger partial charge >= 0.3 is 0 Å². The Balaban J connectivity index is 2.46. The Morgan fingerprint density at radius 3 is 2.80 bits per heavy atom. The number of rotatable bonds is 3. The summed E-state index contributed by atoms with van der Waals surface area (Å²) >= 11 is 0. The van der Waals surface area contributed by atoms with Crippen LogP contribution in [-0.2, 0) is 4.79 Å². The summed E-state index contributed by atoms with van der Waals surface area (Å²) in [5.41, 5.74) is 0. The van der Waals surface area contributed by atoms with Crippen LogP contribution in [0.3, 0.4) is 0 Å². The van der Waals surface area contributed by atoms with E-state index in [-0.39, 0.29) is 11.9 Å². The van der Waals surface area contributed by atoms with Crippen molar-refractivity contribution in [1.82, 2.24) is 4.90 Å². The molecule has 0 aliphatic carbocycles. The first kappa shape index (κ1) is 7.06. The van der Waals surface area contributed by atoms with Crippen molar-refractivity contribution >= 4 is 5.91 Å². The van der Waals surface area contributed by atoms with Crippen molar-refractivity contribution in [3.63, 3.8) is 0 Å². The third-order valence-electron chi connectivity index (χ3n) is 1.70. The zero-order valence-electron chi connectivity index (χ0n) is 5.92. The average molecular weight is 137 g/mol. The molecule has 0 aromatic carbocycles. The summed E-state index contributed by atoms with van der Waals surface area (Å²) in [6.07, 6.45) is 4.15. The van der Waals surface area contributed by atoms with Crippen LogP contribution < -0.4 is 0 Å². The summed E-state index contributed by atoms with van der Waals surface area (Å²) in [5, 5.41) is 0. The molecule has 1 unspecified atom stereocenters. The molecule has 1 aliphatic heterocycles. The van der Waals surface area contributed by atoms with E-state index in [2.05, 4.69) is 13.2 Å². The maximum absolute atomic E-state index is 10.8. The molecular formula is C8H11NO. The lowest BCUT2D eigenvalue weighted by Gasteiger charge is -2.37. The lowest BCUT2D eigenvalue weighted by Crippen LogP contribution is -2.51. The molecule has 1 heterocycles. The zero-order valence-corrected chi connectivity index (χ0v) is 5.92. The Hall–Kier alpha value is -1.05. The Morgan fingerprint density at radius 2 is 2.40 bits per heavy atom. The van der Waals surface area contributed by atoms with Crippen LogP contribution in [0, 0.1) is 0 Å². The highest BCUT2D eigenvalue weighted by molar-refractivity contribution is 5.83. The Labute approximate surface area is 60.8 Å². The fourth-order valence-electron chi connectivity index (χ4n) is 1.07. The van der Waals surface area contributed by atoms with E-state index >= 15 is 0 Å². The minimum atomic E-state index is 0.199. The number of carbonyl (C=O) groups is 1. The summed E-state index contributed by atoms with van der Waals surface area (Å²) in [7, 11) is 0. The number of nitrogens with zero attached hydrogens (tertiary/aromatic N) is 1. The van der Waals surface area contributed by atoms with Crippen molar-refractivity contribution in [2.45, 2.75) is 12.5 Å². The van der Waals surface area contributed by atoms with Gasteiger partial charge in [0.05, 0.1) is 12.5 Å². The zero-order chi connectivity index (χ0) is 7.56. The molecule has 2 heteroatoms. The van der Waals surface area contributed by atoms with Gasteiger partial charge in [-0.15, -0.1) is 13.2 Å². The van der Waals surface area contributed by atoms with Crippen molar-refractivity contribution in [1.29, 1.82) is 0 Å². The molecule has 0 saturated carbocycles. The molecule has 1 amide bonds. The molecule has 54 valence electrons. The third-order valence-corrected chi connectivity index (χ3v) is 1.70. The molecule has 1 rings (SSSR count). The standard InChI is InChI=1S/C8H11NO/c1-3-5-9-7(4-2)6-8(9)10/h3-4,7H,1-2,5-6H2. The third kappa shape index (κ3) is 0.967. The van der Waals surface area contributed by atoms with Crippen LogP contribution in [0.15, 0.2) is 25.3 Å². The molecule has 0 aromatic heterocycles. The topological polar surface area (TPSA) is 20.3 Å². The van der Waals surface area contributed by atoms with Crippen LogP contribution in [0.5, 0.6) is 0 Å². The summed E-state index contributed by atoms with van der Waals surface area (Å²) < 4.78 is 0. The lowest BCUT2D eigenvalue weighted by molar-refractivity contribution is -0.142. The fourth-order valence-corrected chi connectivity index (χ4v) is 1.07. The highest BCUT2D eigenvalue weighted by atomic mass is 16.2. The van der Waals surface area contributed by atoms with Gasteiger partial charge in [0.2, 0.25) is 5.91 Å². The second-order valence-electron chi connectivity index (χ2n) is 2.34. The van der Waals surface area contributed by atoms with Crippen molar-refractivity contribution in [3.05, 3.63) is 25.3 Å². The number of likely N-dealkylation sites (tertiary alicyclic amines) is 1.